The molecule has 1 aromatic heterocycles. The Bertz CT molecular complexity index is 630. The molecule has 0 aromatic carbocycles. The van der Waals surface area contributed by atoms with Crippen molar-refractivity contribution in [1.29, 1.82) is 0 Å². The second-order valence-electron chi connectivity index (χ2n) is 8.54. The molecular formula is C18H26N2O3. The van der Waals surface area contributed by atoms with E-state index in [4.69, 9.17) is 9.47 Å². The van der Waals surface area contributed by atoms with Crippen LogP contribution in [0.4, 0.5) is 4.79 Å². The Labute approximate surface area is 137 Å². The summed E-state index contributed by atoms with van der Waals surface area (Å²) in [6.45, 7) is 8.13. The lowest BCUT2D eigenvalue weighted by Crippen LogP contribution is -2.27. The predicted octanol–water partition coefficient (Wildman–Crippen LogP) is 3.93. The van der Waals surface area contributed by atoms with E-state index in [0.29, 0.717) is 12.5 Å². The van der Waals surface area contributed by atoms with Crippen molar-refractivity contribution in [2.45, 2.75) is 65.4 Å². The summed E-state index contributed by atoms with van der Waals surface area (Å²) in [5.41, 5.74) is 1.79. The van der Waals surface area contributed by atoms with Crippen LogP contribution in [0.25, 0.3) is 0 Å². The maximum Gasteiger partial charge on any atom is 0.435 e. The van der Waals surface area contributed by atoms with Gasteiger partial charge in [0.2, 0.25) is 5.88 Å². The zero-order valence-corrected chi connectivity index (χ0v) is 14.5. The fourth-order valence-corrected chi connectivity index (χ4v) is 4.62. The third-order valence-electron chi connectivity index (χ3n) is 5.90. The summed E-state index contributed by atoms with van der Waals surface area (Å²) >= 11 is 0. The predicted molar refractivity (Wildman–Crippen MR) is 85.5 cm³/mol. The van der Waals surface area contributed by atoms with Crippen LogP contribution in [-0.2, 0) is 4.74 Å². The van der Waals surface area contributed by atoms with E-state index in [1.807, 2.05) is 27.7 Å². The quantitative estimate of drug-likeness (QED) is 0.844. The Morgan fingerprint density at radius 2 is 1.91 bits per heavy atom. The first-order valence-electron chi connectivity index (χ1n) is 8.70. The van der Waals surface area contributed by atoms with Crippen LogP contribution in [0.5, 0.6) is 5.88 Å². The molecule has 0 radical (unpaired) electrons. The lowest BCUT2D eigenvalue weighted by molar-refractivity contribution is 0.0511. The summed E-state index contributed by atoms with van der Waals surface area (Å²) in [5, 5.41) is 4.23. The van der Waals surface area contributed by atoms with Gasteiger partial charge in [-0.2, -0.15) is 4.68 Å². The molecule has 0 amide bonds. The van der Waals surface area contributed by atoms with Crippen LogP contribution in [-0.4, -0.2) is 28.1 Å². The van der Waals surface area contributed by atoms with Crippen molar-refractivity contribution in [2.75, 3.05) is 6.61 Å². The maximum absolute atomic E-state index is 12.0. The molecule has 5 heteroatoms. The van der Waals surface area contributed by atoms with E-state index < -0.39 is 11.7 Å². The molecule has 3 fully saturated rings. The average molecular weight is 318 g/mol. The standard InChI is InChI=1S/C18H26N2O3/c1-12-11-20(15(21)23-16(2,3)4)19-14(12)22-10-5-13-17(6-7-17)18(13)8-9-18/h11,13H,5-10H2,1-4H3. The molecule has 0 bridgehead atoms. The summed E-state index contributed by atoms with van der Waals surface area (Å²) < 4.78 is 12.4. The van der Waals surface area contributed by atoms with Crippen LogP contribution >= 0.6 is 0 Å². The highest BCUT2D eigenvalue weighted by Crippen LogP contribution is 2.93. The normalized spacial score (nSPS) is 23.1. The van der Waals surface area contributed by atoms with Gasteiger partial charge in [0.1, 0.15) is 5.60 Å². The van der Waals surface area contributed by atoms with E-state index in [-0.39, 0.29) is 0 Å². The summed E-state index contributed by atoms with van der Waals surface area (Å²) in [6.07, 6.45) is 8.07. The van der Waals surface area contributed by atoms with Gasteiger partial charge < -0.3 is 9.47 Å². The first kappa shape index (κ1) is 15.0. The number of hydrogen-bond acceptors (Lipinski definition) is 4. The molecule has 0 N–H and O–H groups in total. The monoisotopic (exact) mass is 318 g/mol. The zero-order valence-electron chi connectivity index (χ0n) is 14.5. The Morgan fingerprint density at radius 1 is 1.30 bits per heavy atom. The van der Waals surface area contributed by atoms with Gasteiger partial charge in [-0.15, -0.1) is 5.10 Å². The Hall–Kier alpha value is -1.52. The average Bonchev–Trinajstić information content (AvgIpc) is 3.35. The number of fused-ring (bicyclic) bond motifs is 1. The van der Waals surface area contributed by atoms with Gasteiger partial charge in [-0.3, -0.25) is 0 Å². The topological polar surface area (TPSA) is 53.4 Å². The van der Waals surface area contributed by atoms with Gasteiger partial charge in [-0.05, 0) is 76.5 Å². The lowest BCUT2D eigenvalue weighted by atomic mass is 10.2. The van der Waals surface area contributed by atoms with Gasteiger partial charge in [0.25, 0.3) is 0 Å². The van der Waals surface area contributed by atoms with E-state index in [1.54, 1.807) is 6.20 Å². The van der Waals surface area contributed by atoms with Crippen LogP contribution in [0, 0.1) is 23.7 Å². The molecule has 0 aliphatic heterocycles. The van der Waals surface area contributed by atoms with Gasteiger partial charge in [0.05, 0.1) is 6.61 Å². The van der Waals surface area contributed by atoms with Crippen LogP contribution < -0.4 is 4.74 Å². The van der Waals surface area contributed by atoms with Crippen molar-refractivity contribution in [3.8, 4) is 5.88 Å². The van der Waals surface area contributed by atoms with Crippen molar-refractivity contribution in [3.63, 3.8) is 0 Å². The van der Waals surface area contributed by atoms with Crippen molar-refractivity contribution in [2.24, 2.45) is 16.7 Å². The lowest BCUT2D eigenvalue weighted by Gasteiger charge is -2.18. The maximum atomic E-state index is 12.0. The molecule has 23 heavy (non-hydrogen) atoms. The number of aryl methyl sites for hydroxylation is 1. The van der Waals surface area contributed by atoms with E-state index in [0.717, 1.165) is 28.7 Å². The number of nitrogens with zero attached hydrogens (tertiary/aromatic N) is 2. The zero-order chi connectivity index (χ0) is 16.5. The number of hydrogen-bond donors (Lipinski definition) is 0. The van der Waals surface area contributed by atoms with Gasteiger partial charge in [0, 0.05) is 11.8 Å². The SMILES string of the molecule is Cc1cn(C(=O)OC(C)(C)C)nc1OCCC1C2(CC2)C12CC2. The van der Waals surface area contributed by atoms with Crippen molar-refractivity contribution < 1.29 is 14.3 Å². The summed E-state index contributed by atoms with van der Waals surface area (Å²) in [6, 6.07) is 0. The number of ether oxygens (including phenoxy) is 2. The summed E-state index contributed by atoms with van der Waals surface area (Å²) in [7, 11) is 0. The number of rotatable bonds is 4. The molecule has 4 rings (SSSR count). The van der Waals surface area contributed by atoms with Gasteiger partial charge in [-0.25, -0.2) is 4.79 Å². The number of carbonyl (C=O) groups is 1. The second kappa shape index (κ2) is 4.52. The highest BCUT2D eigenvalue weighted by Gasteiger charge is 2.85. The van der Waals surface area contributed by atoms with E-state index >= 15 is 0 Å². The summed E-state index contributed by atoms with van der Waals surface area (Å²) in [4.78, 5) is 12.0. The third kappa shape index (κ3) is 2.36. The van der Waals surface area contributed by atoms with Crippen LogP contribution in [0.3, 0.4) is 0 Å². The molecule has 0 saturated heterocycles. The number of carbonyl (C=O) groups excluding carboxylic acids is 1. The Balaban J connectivity index is 1.32. The van der Waals surface area contributed by atoms with Gasteiger partial charge >= 0.3 is 6.09 Å². The van der Waals surface area contributed by atoms with Gasteiger partial charge in [-0.1, -0.05) is 0 Å². The fourth-order valence-electron chi connectivity index (χ4n) is 4.62. The largest absolute Gasteiger partial charge is 0.476 e. The number of aromatic nitrogens is 2. The fraction of sp³-hybridized carbons (Fsp3) is 0.778. The van der Waals surface area contributed by atoms with E-state index in [9.17, 15) is 4.79 Å². The molecule has 126 valence electrons. The molecule has 1 aromatic rings. The highest BCUT2D eigenvalue weighted by molar-refractivity contribution is 5.70. The first-order valence-corrected chi connectivity index (χ1v) is 8.70. The summed E-state index contributed by atoms with van der Waals surface area (Å²) in [5.74, 6) is 1.43. The van der Waals surface area contributed by atoms with Crippen molar-refractivity contribution in [3.05, 3.63) is 11.8 Å². The molecule has 0 atom stereocenters. The first-order chi connectivity index (χ1) is 10.8. The van der Waals surface area contributed by atoms with E-state index in [2.05, 4.69) is 5.10 Å². The Morgan fingerprint density at radius 3 is 2.43 bits per heavy atom. The molecule has 3 saturated carbocycles. The molecule has 3 aliphatic carbocycles. The van der Waals surface area contributed by atoms with Crippen LogP contribution in [0.1, 0.15) is 58.4 Å². The van der Waals surface area contributed by atoms with Gasteiger partial charge in [0.15, 0.2) is 0 Å². The Kier molecular flexibility index (Phi) is 2.95. The van der Waals surface area contributed by atoms with E-state index in [1.165, 1.54) is 30.4 Å². The molecule has 1 heterocycles. The highest BCUT2D eigenvalue weighted by atomic mass is 16.6. The smallest absolute Gasteiger partial charge is 0.435 e. The van der Waals surface area contributed by atoms with Crippen LogP contribution in [0.2, 0.25) is 0 Å². The molecule has 2 spiro atoms. The molecule has 3 aliphatic rings. The molecule has 0 unspecified atom stereocenters. The minimum absolute atomic E-state index is 0.466. The van der Waals surface area contributed by atoms with Crippen molar-refractivity contribution >= 4 is 6.09 Å². The third-order valence-corrected chi connectivity index (χ3v) is 5.90. The second-order valence-corrected chi connectivity index (χ2v) is 8.54. The molecular weight excluding hydrogens is 292 g/mol. The molecule has 5 nitrogen and oxygen atoms in total. The minimum Gasteiger partial charge on any atom is -0.476 e. The van der Waals surface area contributed by atoms with Crippen LogP contribution in [0.15, 0.2) is 6.20 Å². The minimum atomic E-state index is -0.527. The van der Waals surface area contributed by atoms with Crippen molar-refractivity contribution in [1.82, 2.24) is 9.78 Å².